The Hall–Kier alpha value is -0.430. The van der Waals surface area contributed by atoms with Crippen molar-refractivity contribution in [2.45, 2.75) is 38.6 Å². The highest BCUT2D eigenvalue weighted by molar-refractivity contribution is 9.10. The maximum atomic E-state index is 12.2. The summed E-state index contributed by atoms with van der Waals surface area (Å²) in [5.41, 5.74) is 1.06. The van der Waals surface area contributed by atoms with E-state index in [1.54, 1.807) is 6.07 Å². The predicted molar refractivity (Wildman–Crippen MR) is 86.2 cm³/mol. The summed E-state index contributed by atoms with van der Waals surface area (Å²) in [4.78, 5) is 0.293. The predicted octanol–water partition coefficient (Wildman–Crippen LogP) is 2.88. The lowest BCUT2D eigenvalue weighted by Gasteiger charge is -2.11. The first-order valence-corrected chi connectivity index (χ1v) is 9.13. The van der Waals surface area contributed by atoms with Crippen molar-refractivity contribution in [3.8, 4) is 0 Å². The summed E-state index contributed by atoms with van der Waals surface area (Å²) in [5.74, 6) is 0.476. The Morgan fingerprint density at radius 2 is 2.00 bits per heavy atom. The summed E-state index contributed by atoms with van der Waals surface area (Å²) >= 11 is 3.35. The fourth-order valence-corrected chi connectivity index (χ4v) is 3.87. The highest BCUT2D eigenvalue weighted by Gasteiger charge is 2.17. The third kappa shape index (κ3) is 5.52. The first-order valence-electron chi connectivity index (χ1n) is 6.85. The lowest BCUT2D eigenvalue weighted by Crippen LogP contribution is -2.26. The first kappa shape index (κ1) is 17.6. The van der Waals surface area contributed by atoms with Crippen LogP contribution in [-0.4, -0.2) is 21.5 Å². The van der Waals surface area contributed by atoms with Crippen molar-refractivity contribution >= 4 is 26.0 Å². The van der Waals surface area contributed by atoms with Gasteiger partial charge in [-0.05, 0) is 52.5 Å². The molecule has 0 spiro atoms. The molecule has 0 aliphatic carbocycles. The third-order valence-corrected chi connectivity index (χ3v) is 5.32. The zero-order valence-corrected chi connectivity index (χ0v) is 14.6. The minimum atomic E-state index is -3.44. The Labute approximate surface area is 130 Å². The molecular formula is C14H23BrN2O2S. The average Bonchev–Trinajstić information content (AvgIpc) is 2.35. The van der Waals surface area contributed by atoms with Crippen LogP contribution in [0.2, 0.25) is 0 Å². The molecule has 0 aliphatic rings. The molecule has 6 heteroatoms. The van der Waals surface area contributed by atoms with Crippen LogP contribution < -0.4 is 10.0 Å². The van der Waals surface area contributed by atoms with E-state index in [1.165, 1.54) is 0 Å². The number of hydrogen-bond acceptors (Lipinski definition) is 3. The van der Waals surface area contributed by atoms with Crippen LogP contribution in [0.25, 0.3) is 0 Å². The Morgan fingerprint density at radius 3 is 2.55 bits per heavy atom. The average molecular weight is 363 g/mol. The third-order valence-electron chi connectivity index (χ3n) is 2.88. The lowest BCUT2D eigenvalue weighted by molar-refractivity contribution is 0.551. The van der Waals surface area contributed by atoms with E-state index < -0.39 is 10.0 Å². The minimum Gasteiger partial charge on any atom is -0.313 e. The molecule has 114 valence electrons. The van der Waals surface area contributed by atoms with Crippen molar-refractivity contribution in [1.29, 1.82) is 0 Å². The van der Waals surface area contributed by atoms with E-state index in [-0.39, 0.29) is 0 Å². The summed E-state index contributed by atoms with van der Waals surface area (Å²) in [6.45, 7) is 8.25. The van der Waals surface area contributed by atoms with Crippen LogP contribution in [-0.2, 0) is 16.6 Å². The number of benzene rings is 1. The summed E-state index contributed by atoms with van der Waals surface area (Å²) < 4.78 is 27.6. The van der Waals surface area contributed by atoms with Crippen molar-refractivity contribution in [2.24, 2.45) is 5.92 Å². The van der Waals surface area contributed by atoms with Gasteiger partial charge in [0.05, 0.1) is 4.90 Å². The lowest BCUT2D eigenvalue weighted by atomic mass is 10.1. The summed E-state index contributed by atoms with van der Waals surface area (Å²) in [7, 11) is -3.44. The molecule has 0 unspecified atom stereocenters. The molecule has 0 radical (unpaired) electrons. The molecule has 20 heavy (non-hydrogen) atoms. The van der Waals surface area contributed by atoms with Crippen LogP contribution >= 0.6 is 15.9 Å². The second-order valence-corrected chi connectivity index (χ2v) is 7.72. The van der Waals surface area contributed by atoms with E-state index in [1.807, 2.05) is 19.1 Å². The highest BCUT2D eigenvalue weighted by atomic mass is 79.9. The van der Waals surface area contributed by atoms with Gasteiger partial charge in [-0.1, -0.05) is 26.8 Å². The fourth-order valence-electron chi connectivity index (χ4n) is 1.70. The van der Waals surface area contributed by atoms with E-state index in [0.29, 0.717) is 21.8 Å². The monoisotopic (exact) mass is 362 g/mol. The van der Waals surface area contributed by atoms with Gasteiger partial charge >= 0.3 is 0 Å². The second-order valence-electron chi connectivity index (χ2n) is 5.13. The number of hydrogen-bond donors (Lipinski definition) is 2. The van der Waals surface area contributed by atoms with Crippen LogP contribution in [0.15, 0.2) is 27.6 Å². The largest absolute Gasteiger partial charge is 0.313 e. The molecule has 1 rings (SSSR count). The van der Waals surface area contributed by atoms with E-state index >= 15 is 0 Å². The van der Waals surface area contributed by atoms with Gasteiger partial charge in [0.15, 0.2) is 0 Å². The summed E-state index contributed by atoms with van der Waals surface area (Å²) in [6.07, 6.45) is 0.829. The second kappa shape index (κ2) is 8.12. The van der Waals surface area contributed by atoms with Crippen molar-refractivity contribution in [2.75, 3.05) is 13.1 Å². The van der Waals surface area contributed by atoms with Gasteiger partial charge in [-0.15, -0.1) is 0 Å². The summed E-state index contributed by atoms with van der Waals surface area (Å²) in [5, 5.41) is 3.21. The molecule has 0 bridgehead atoms. The Balaban J connectivity index is 2.79. The van der Waals surface area contributed by atoms with Crippen LogP contribution in [0, 0.1) is 5.92 Å². The molecule has 2 N–H and O–H groups in total. The molecule has 0 heterocycles. The van der Waals surface area contributed by atoms with E-state index in [2.05, 4.69) is 39.8 Å². The first-order chi connectivity index (χ1) is 9.36. The van der Waals surface area contributed by atoms with Gasteiger partial charge in [0.25, 0.3) is 0 Å². The normalized spacial score (nSPS) is 12.1. The van der Waals surface area contributed by atoms with Crippen molar-refractivity contribution in [3.05, 3.63) is 28.2 Å². The van der Waals surface area contributed by atoms with Crippen molar-refractivity contribution in [3.63, 3.8) is 0 Å². The van der Waals surface area contributed by atoms with Crippen LogP contribution in [0.4, 0.5) is 0 Å². The molecule has 1 aromatic rings. The molecule has 0 aliphatic heterocycles. The topological polar surface area (TPSA) is 58.2 Å². The fraction of sp³-hybridized carbons (Fsp3) is 0.571. The van der Waals surface area contributed by atoms with Gasteiger partial charge in [0.2, 0.25) is 10.0 Å². The Bertz CT molecular complexity index is 530. The Kier molecular flexibility index (Phi) is 7.15. The van der Waals surface area contributed by atoms with Crippen molar-refractivity contribution < 1.29 is 8.42 Å². The van der Waals surface area contributed by atoms with Crippen molar-refractivity contribution in [1.82, 2.24) is 10.0 Å². The number of nitrogens with one attached hydrogen (secondary N) is 2. The Morgan fingerprint density at radius 1 is 1.30 bits per heavy atom. The van der Waals surface area contributed by atoms with Crippen LogP contribution in [0.3, 0.4) is 0 Å². The summed E-state index contributed by atoms with van der Waals surface area (Å²) in [6, 6.07) is 5.33. The van der Waals surface area contributed by atoms with Gasteiger partial charge < -0.3 is 5.32 Å². The number of rotatable bonds is 8. The zero-order valence-electron chi connectivity index (χ0n) is 12.2. The molecule has 0 fully saturated rings. The van der Waals surface area contributed by atoms with Gasteiger partial charge in [-0.2, -0.15) is 0 Å². The highest BCUT2D eigenvalue weighted by Crippen LogP contribution is 2.23. The number of halogens is 1. The molecule has 0 atom stereocenters. The standard InChI is InChI=1S/C14H23BrN2O2S/c1-4-16-10-12-5-6-14(13(15)9-12)20(18,19)17-8-7-11(2)3/h5-6,9,11,16-17H,4,7-8,10H2,1-3H3. The van der Waals surface area contributed by atoms with Crippen LogP contribution in [0.5, 0.6) is 0 Å². The smallest absolute Gasteiger partial charge is 0.241 e. The molecule has 0 saturated carbocycles. The van der Waals surface area contributed by atoms with E-state index in [0.717, 1.165) is 25.1 Å². The zero-order chi connectivity index (χ0) is 15.2. The molecule has 0 amide bonds. The van der Waals surface area contributed by atoms with Gasteiger partial charge in [0.1, 0.15) is 0 Å². The SMILES string of the molecule is CCNCc1ccc(S(=O)(=O)NCCC(C)C)c(Br)c1. The van der Waals surface area contributed by atoms with Gasteiger partial charge in [-0.3, -0.25) is 0 Å². The van der Waals surface area contributed by atoms with E-state index in [9.17, 15) is 8.42 Å². The molecule has 0 aromatic heterocycles. The molecule has 4 nitrogen and oxygen atoms in total. The molecule has 1 aromatic carbocycles. The minimum absolute atomic E-state index is 0.293. The van der Waals surface area contributed by atoms with Gasteiger partial charge in [0, 0.05) is 17.6 Å². The molecule has 0 saturated heterocycles. The molecular weight excluding hydrogens is 340 g/mol. The maximum absolute atomic E-state index is 12.2. The quantitative estimate of drug-likeness (QED) is 0.747. The van der Waals surface area contributed by atoms with Crippen LogP contribution in [0.1, 0.15) is 32.8 Å². The maximum Gasteiger partial charge on any atom is 0.241 e. The number of sulfonamides is 1. The van der Waals surface area contributed by atoms with Gasteiger partial charge in [-0.25, -0.2) is 13.1 Å². The van der Waals surface area contributed by atoms with E-state index in [4.69, 9.17) is 0 Å².